The van der Waals surface area contributed by atoms with E-state index in [0.29, 0.717) is 30.6 Å². The fourth-order valence-electron chi connectivity index (χ4n) is 3.33. The van der Waals surface area contributed by atoms with Crippen molar-refractivity contribution in [3.05, 3.63) is 59.9 Å². The number of anilines is 1. The van der Waals surface area contributed by atoms with Crippen molar-refractivity contribution >= 4 is 27.5 Å². The van der Waals surface area contributed by atoms with E-state index >= 15 is 0 Å². The molecule has 0 saturated carbocycles. The predicted molar refractivity (Wildman–Crippen MR) is 111 cm³/mol. The molecule has 2 aromatic carbocycles. The zero-order valence-corrected chi connectivity index (χ0v) is 17.7. The van der Waals surface area contributed by atoms with Crippen LogP contribution >= 0.6 is 0 Å². The molecule has 1 fully saturated rings. The average molecular weight is 434 g/mol. The van der Waals surface area contributed by atoms with Crippen LogP contribution in [0, 0.1) is 11.7 Å². The Bertz CT molecular complexity index is 1020. The number of benzene rings is 2. The quantitative estimate of drug-likeness (QED) is 0.785. The van der Waals surface area contributed by atoms with Crippen LogP contribution in [-0.4, -0.2) is 56.6 Å². The zero-order valence-electron chi connectivity index (χ0n) is 16.8. The summed E-state index contributed by atoms with van der Waals surface area (Å²) in [5.41, 5.74) is 1.04. The van der Waals surface area contributed by atoms with Gasteiger partial charge in [0.2, 0.25) is 15.9 Å². The summed E-state index contributed by atoms with van der Waals surface area (Å²) in [5, 5.41) is 2.79. The third-order valence-electron chi connectivity index (χ3n) is 5.01. The summed E-state index contributed by atoms with van der Waals surface area (Å²) in [6.45, 7) is 0.369. The standard InChI is InChI=1S/C21H24FN3O4S/c1-24(2)21(27)15-5-9-18(10-6-15)23-20(26)16-4-3-13-25(14-16)30(28,29)19-11-7-17(22)8-12-19/h5-12,16H,3-4,13-14H2,1-2H3,(H,23,26). The van der Waals surface area contributed by atoms with E-state index in [0.717, 1.165) is 12.1 Å². The smallest absolute Gasteiger partial charge is 0.253 e. The van der Waals surface area contributed by atoms with Gasteiger partial charge in [0, 0.05) is 38.4 Å². The molecule has 1 aliphatic rings. The molecule has 0 aromatic heterocycles. The fraction of sp³-hybridized carbons (Fsp3) is 0.333. The van der Waals surface area contributed by atoms with Crippen LogP contribution in [0.2, 0.25) is 0 Å². The first-order valence-electron chi connectivity index (χ1n) is 9.57. The second-order valence-corrected chi connectivity index (χ2v) is 9.36. The van der Waals surface area contributed by atoms with Gasteiger partial charge < -0.3 is 10.2 Å². The number of nitrogens with one attached hydrogen (secondary N) is 1. The molecule has 3 rings (SSSR count). The van der Waals surface area contributed by atoms with Crippen molar-refractivity contribution in [3.8, 4) is 0 Å². The summed E-state index contributed by atoms with van der Waals surface area (Å²) in [5.74, 6) is -1.43. The Labute approximate surface area is 175 Å². The third kappa shape index (κ3) is 4.85. The molecule has 1 aliphatic heterocycles. The summed E-state index contributed by atoms with van der Waals surface area (Å²) in [6.07, 6.45) is 1.12. The Hall–Kier alpha value is -2.78. The van der Waals surface area contributed by atoms with Gasteiger partial charge in [-0.15, -0.1) is 0 Å². The number of nitrogens with zero attached hydrogens (tertiary/aromatic N) is 2. The highest BCUT2D eigenvalue weighted by molar-refractivity contribution is 7.89. The minimum atomic E-state index is -3.80. The zero-order chi connectivity index (χ0) is 21.9. The minimum absolute atomic E-state index is 0.00565. The molecule has 9 heteroatoms. The SMILES string of the molecule is CN(C)C(=O)c1ccc(NC(=O)C2CCCN(S(=O)(=O)c3ccc(F)cc3)C2)cc1. The van der Waals surface area contributed by atoms with Crippen LogP contribution in [0.3, 0.4) is 0 Å². The van der Waals surface area contributed by atoms with Crippen LogP contribution in [0.15, 0.2) is 53.4 Å². The molecule has 2 aromatic rings. The molecule has 7 nitrogen and oxygen atoms in total. The lowest BCUT2D eigenvalue weighted by molar-refractivity contribution is -0.120. The number of carbonyl (C=O) groups excluding carboxylic acids is 2. The van der Waals surface area contributed by atoms with Gasteiger partial charge in [0.05, 0.1) is 10.8 Å². The summed E-state index contributed by atoms with van der Waals surface area (Å²) >= 11 is 0. The van der Waals surface area contributed by atoms with E-state index in [1.54, 1.807) is 38.4 Å². The van der Waals surface area contributed by atoms with Crippen LogP contribution in [0.1, 0.15) is 23.2 Å². The van der Waals surface area contributed by atoms with Gasteiger partial charge in [-0.1, -0.05) is 0 Å². The Balaban J connectivity index is 1.67. The Morgan fingerprint density at radius 3 is 2.30 bits per heavy atom. The number of piperidine rings is 1. The lowest BCUT2D eigenvalue weighted by Crippen LogP contribution is -2.43. The molecule has 0 aliphatic carbocycles. The maximum absolute atomic E-state index is 13.1. The number of carbonyl (C=O) groups is 2. The third-order valence-corrected chi connectivity index (χ3v) is 6.89. The number of hydrogen-bond acceptors (Lipinski definition) is 4. The average Bonchev–Trinajstić information content (AvgIpc) is 2.74. The van der Waals surface area contributed by atoms with Gasteiger partial charge in [0.1, 0.15) is 5.82 Å². The van der Waals surface area contributed by atoms with Gasteiger partial charge in [-0.25, -0.2) is 12.8 Å². The van der Waals surface area contributed by atoms with Crippen molar-refractivity contribution in [1.82, 2.24) is 9.21 Å². The van der Waals surface area contributed by atoms with E-state index in [1.807, 2.05) is 0 Å². The fourth-order valence-corrected chi connectivity index (χ4v) is 4.85. The lowest BCUT2D eigenvalue weighted by Gasteiger charge is -2.31. The van der Waals surface area contributed by atoms with Crippen molar-refractivity contribution < 1.29 is 22.4 Å². The highest BCUT2D eigenvalue weighted by atomic mass is 32.2. The lowest BCUT2D eigenvalue weighted by atomic mass is 9.98. The van der Waals surface area contributed by atoms with E-state index in [-0.39, 0.29) is 23.3 Å². The van der Waals surface area contributed by atoms with Gasteiger partial charge in [-0.05, 0) is 61.4 Å². The monoisotopic (exact) mass is 433 g/mol. The van der Waals surface area contributed by atoms with Gasteiger partial charge in [0.15, 0.2) is 0 Å². The van der Waals surface area contributed by atoms with Crippen molar-refractivity contribution in [3.63, 3.8) is 0 Å². The van der Waals surface area contributed by atoms with Crippen LogP contribution in [0.25, 0.3) is 0 Å². The summed E-state index contributed by atoms with van der Waals surface area (Å²) in [4.78, 5) is 26.1. The van der Waals surface area contributed by atoms with E-state index in [9.17, 15) is 22.4 Å². The molecule has 0 spiro atoms. The highest BCUT2D eigenvalue weighted by Crippen LogP contribution is 2.25. The molecule has 1 N–H and O–H groups in total. The normalized spacial score (nSPS) is 17.4. The molecule has 1 atom stereocenters. The maximum Gasteiger partial charge on any atom is 0.253 e. The molecule has 1 heterocycles. The highest BCUT2D eigenvalue weighted by Gasteiger charge is 2.33. The molecular weight excluding hydrogens is 409 g/mol. The van der Waals surface area contributed by atoms with E-state index in [1.165, 1.54) is 21.3 Å². The van der Waals surface area contributed by atoms with E-state index in [4.69, 9.17) is 0 Å². The molecule has 0 bridgehead atoms. The molecule has 1 saturated heterocycles. The Morgan fingerprint density at radius 1 is 1.07 bits per heavy atom. The summed E-state index contributed by atoms with van der Waals surface area (Å²) in [6, 6.07) is 11.2. The summed E-state index contributed by atoms with van der Waals surface area (Å²) in [7, 11) is -0.478. The first kappa shape index (κ1) is 21.9. The van der Waals surface area contributed by atoms with Crippen molar-refractivity contribution in [2.75, 3.05) is 32.5 Å². The number of amides is 2. The van der Waals surface area contributed by atoms with E-state index < -0.39 is 21.8 Å². The first-order valence-corrected chi connectivity index (χ1v) is 11.0. The molecule has 0 radical (unpaired) electrons. The van der Waals surface area contributed by atoms with Gasteiger partial charge in [0.25, 0.3) is 5.91 Å². The van der Waals surface area contributed by atoms with Gasteiger partial charge in [-0.3, -0.25) is 9.59 Å². The molecule has 2 amide bonds. The van der Waals surface area contributed by atoms with Gasteiger partial charge >= 0.3 is 0 Å². The second-order valence-electron chi connectivity index (χ2n) is 7.42. The molecule has 30 heavy (non-hydrogen) atoms. The number of rotatable bonds is 5. The number of sulfonamides is 1. The van der Waals surface area contributed by atoms with Crippen molar-refractivity contribution in [1.29, 1.82) is 0 Å². The van der Waals surface area contributed by atoms with Crippen molar-refractivity contribution in [2.45, 2.75) is 17.7 Å². The Morgan fingerprint density at radius 2 is 1.70 bits per heavy atom. The van der Waals surface area contributed by atoms with Crippen LogP contribution in [0.5, 0.6) is 0 Å². The number of halogens is 1. The molecular formula is C21H24FN3O4S. The first-order chi connectivity index (χ1) is 14.2. The van der Waals surface area contributed by atoms with Crippen LogP contribution in [0.4, 0.5) is 10.1 Å². The summed E-state index contributed by atoms with van der Waals surface area (Å²) < 4.78 is 40.0. The predicted octanol–water partition coefficient (Wildman–Crippen LogP) is 2.57. The Kier molecular flexibility index (Phi) is 6.52. The number of hydrogen-bond donors (Lipinski definition) is 1. The second kappa shape index (κ2) is 8.93. The van der Waals surface area contributed by atoms with Crippen LogP contribution in [-0.2, 0) is 14.8 Å². The van der Waals surface area contributed by atoms with Crippen molar-refractivity contribution in [2.24, 2.45) is 5.92 Å². The molecule has 1 unspecified atom stereocenters. The minimum Gasteiger partial charge on any atom is -0.345 e. The van der Waals surface area contributed by atoms with E-state index in [2.05, 4.69) is 5.32 Å². The largest absolute Gasteiger partial charge is 0.345 e. The van der Waals surface area contributed by atoms with Gasteiger partial charge in [-0.2, -0.15) is 4.31 Å². The van der Waals surface area contributed by atoms with Crippen LogP contribution < -0.4 is 5.32 Å². The molecule has 160 valence electrons. The topological polar surface area (TPSA) is 86.8 Å². The maximum atomic E-state index is 13.1.